The minimum Gasteiger partial charge on any atom is -0.497 e. The fourth-order valence-electron chi connectivity index (χ4n) is 2.54. The molecule has 0 unspecified atom stereocenters. The van der Waals surface area contributed by atoms with Crippen molar-refractivity contribution in [3.05, 3.63) is 60.8 Å². The van der Waals surface area contributed by atoms with E-state index in [9.17, 15) is 9.59 Å². The van der Waals surface area contributed by atoms with Crippen LogP contribution in [0.2, 0.25) is 0 Å². The van der Waals surface area contributed by atoms with E-state index in [1.54, 1.807) is 42.1 Å². The zero-order chi connectivity index (χ0) is 16.9. The highest BCUT2D eigenvalue weighted by molar-refractivity contribution is 5.96. The van der Waals surface area contributed by atoms with Gasteiger partial charge in [0, 0.05) is 30.1 Å². The summed E-state index contributed by atoms with van der Waals surface area (Å²) in [7, 11) is 1.59. The number of benzene rings is 2. The van der Waals surface area contributed by atoms with Crippen molar-refractivity contribution in [1.29, 1.82) is 0 Å². The molecule has 1 aromatic heterocycles. The van der Waals surface area contributed by atoms with Crippen molar-refractivity contribution in [2.24, 2.45) is 0 Å². The second kappa shape index (κ2) is 7.00. The molecule has 0 spiro atoms. The molecule has 0 saturated carbocycles. The number of nitrogens with zero attached hydrogens (tertiary/aromatic N) is 1. The van der Waals surface area contributed by atoms with Crippen molar-refractivity contribution < 1.29 is 14.3 Å². The molecule has 0 atom stereocenters. The number of rotatable bonds is 5. The number of methoxy groups -OCH3 is 1. The van der Waals surface area contributed by atoms with Gasteiger partial charge in [-0.25, -0.2) is 0 Å². The van der Waals surface area contributed by atoms with E-state index in [1.807, 2.05) is 30.3 Å². The molecule has 24 heavy (non-hydrogen) atoms. The quantitative estimate of drug-likeness (QED) is 0.779. The van der Waals surface area contributed by atoms with Gasteiger partial charge < -0.3 is 10.1 Å². The fourth-order valence-corrected chi connectivity index (χ4v) is 2.54. The summed E-state index contributed by atoms with van der Waals surface area (Å²) < 4.78 is 6.66. The third-order valence-electron chi connectivity index (χ3n) is 3.81. The lowest BCUT2D eigenvalue weighted by Crippen LogP contribution is -2.16. The molecule has 5 heteroatoms. The average Bonchev–Trinajstić information content (AvgIpc) is 3.04. The molecule has 0 radical (unpaired) electrons. The lowest BCUT2D eigenvalue weighted by Gasteiger charge is -2.07. The van der Waals surface area contributed by atoms with E-state index in [4.69, 9.17) is 4.74 Å². The lowest BCUT2D eigenvalue weighted by atomic mass is 10.2. The Balaban J connectivity index is 1.58. The first kappa shape index (κ1) is 15.8. The molecule has 3 rings (SSSR count). The zero-order valence-electron chi connectivity index (χ0n) is 13.4. The Bertz CT molecular complexity index is 866. The van der Waals surface area contributed by atoms with E-state index in [0.717, 1.165) is 16.7 Å². The summed E-state index contributed by atoms with van der Waals surface area (Å²) in [5.74, 6) is 0.439. The molecule has 0 fully saturated rings. The van der Waals surface area contributed by atoms with Gasteiger partial charge in [-0.15, -0.1) is 0 Å². The maximum absolute atomic E-state index is 12.3. The molecule has 3 aromatic rings. The number of fused-ring (bicyclic) bond motifs is 1. The van der Waals surface area contributed by atoms with Gasteiger partial charge in [0.15, 0.2) is 0 Å². The van der Waals surface area contributed by atoms with Crippen LogP contribution in [0.25, 0.3) is 10.9 Å². The van der Waals surface area contributed by atoms with Gasteiger partial charge in [0.1, 0.15) is 5.75 Å². The number of nitrogens with one attached hydrogen (secondary N) is 1. The fraction of sp³-hybridized carbons (Fsp3) is 0.158. The molecular formula is C19H18N2O3. The van der Waals surface area contributed by atoms with E-state index in [1.165, 1.54) is 0 Å². The van der Waals surface area contributed by atoms with Crippen molar-refractivity contribution in [3.8, 4) is 5.75 Å². The Morgan fingerprint density at radius 1 is 1.00 bits per heavy atom. The van der Waals surface area contributed by atoms with E-state index < -0.39 is 0 Å². The van der Waals surface area contributed by atoms with Gasteiger partial charge in [-0.05, 0) is 36.4 Å². The second-order valence-corrected chi connectivity index (χ2v) is 5.41. The first-order valence-electron chi connectivity index (χ1n) is 7.70. The van der Waals surface area contributed by atoms with Gasteiger partial charge in [0.25, 0.3) is 0 Å². The van der Waals surface area contributed by atoms with Gasteiger partial charge in [0.2, 0.25) is 11.8 Å². The minimum absolute atomic E-state index is 0.0962. The molecule has 0 aliphatic rings. The van der Waals surface area contributed by atoms with Gasteiger partial charge in [-0.3, -0.25) is 14.2 Å². The van der Waals surface area contributed by atoms with Gasteiger partial charge >= 0.3 is 0 Å². The van der Waals surface area contributed by atoms with E-state index in [0.29, 0.717) is 5.69 Å². The van der Waals surface area contributed by atoms with Crippen LogP contribution in [0.1, 0.15) is 17.6 Å². The van der Waals surface area contributed by atoms with Crippen LogP contribution in [0.3, 0.4) is 0 Å². The number of ether oxygens (including phenoxy) is 1. The topological polar surface area (TPSA) is 60.3 Å². The van der Waals surface area contributed by atoms with Crippen LogP contribution in [0.4, 0.5) is 5.69 Å². The van der Waals surface area contributed by atoms with Crippen LogP contribution in [0.5, 0.6) is 5.75 Å². The van der Waals surface area contributed by atoms with Crippen LogP contribution in [0, 0.1) is 0 Å². The standard InChI is InChI=1S/C19H18N2O3/c1-24-16-8-6-15(7-9-16)20-18(22)10-11-19(23)21-13-12-14-4-2-3-5-17(14)21/h2-9,12-13H,10-11H2,1H3,(H,20,22). The van der Waals surface area contributed by atoms with Crippen molar-refractivity contribution in [2.45, 2.75) is 12.8 Å². The molecule has 0 aliphatic carbocycles. The Hall–Kier alpha value is -3.08. The normalized spacial score (nSPS) is 10.5. The zero-order valence-corrected chi connectivity index (χ0v) is 13.4. The molecule has 122 valence electrons. The second-order valence-electron chi connectivity index (χ2n) is 5.41. The summed E-state index contributed by atoms with van der Waals surface area (Å²) in [6, 6.07) is 16.6. The monoisotopic (exact) mass is 322 g/mol. The third-order valence-corrected chi connectivity index (χ3v) is 3.81. The molecule has 5 nitrogen and oxygen atoms in total. The predicted octanol–water partition coefficient (Wildman–Crippen LogP) is 3.71. The minimum atomic E-state index is -0.190. The highest BCUT2D eigenvalue weighted by atomic mass is 16.5. The smallest absolute Gasteiger partial charge is 0.231 e. The lowest BCUT2D eigenvalue weighted by molar-refractivity contribution is -0.116. The predicted molar refractivity (Wildman–Crippen MR) is 93.4 cm³/mol. The van der Waals surface area contributed by atoms with E-state index in [-0.39, 0.29) is 24.7 Å². The van der Waals surface area contributed by atoms with Gasteiger partial charge in [-0.1, -0.05) is 18.2 Å². The molecular weight excluding hydrogens is 304 g/mol. The van der Waals surface area contributed by atoms with E-state index in [2.05, 4.69) is 5.32 Å². The third kappa shape index (κ3) is 3.46. The van der Waals surface area contributed by atoms with E-state index >= 15 is 0 Å². The average molecular weight is 322 g/mol. The Morgan fingerprint density at radius 3 is 2.50 bits per heavy atom. The molecule has 0 aliphatic heterocycles. The van der Waals surface area contributed by atoms with Crippen LogP contribution in [-0.4, -0.2) is 23.5 Å². The van der Waals surface area contributed by atoms with Crippen molar-refractivity contribution in [2.75, 3.05) is 12.4 Å². The first-order chi connectivity index (χ1) is 11.7. The number of carbonyl (C=O) groups is 2. The Kier molecular flexibility index (Phi) is 4.61. The Morgan fingerprint density at radius 2 is 1.75 bits per heavy atom. The molecule has 1 amide bonds. The number of hydrogen-bond donors (Lipinski definition) is 1. The molecule has 1 N–H and O–H groups in total. The van der Waals surface area contributed by atoms with Crippen LogP contribution < -0.4 is 10.1 Å². The summed E-state index contributed by atoms with van der Waals surface area (Å²) in [5, 5.41) is 3.78. The largest absolute Gasteiger partial charge is 0.497 e. The van der Waals surface area contributed by atoms with Gasteiger partial charge in [0.05, 0.1) is 12.6 Å². The molecule has 1 heterocycles. The summed E-state index contributed by atoms with van der Waals surface area (Å²) in [6.07, 6.45) is 2.03. The summed E-state index contributed by atoms with van der Waals surface area (Å²) in [4.78, 5) is 24.3. The van der Waals surface area contributed by atoms with Gasteiger partial charge in [-0.2, -0.15) is 0 Å². The summed E-state index contributed by atoms with van der Waals surface area (Å²) >= 11 is 0. The highest BCUT2D eigenvalue weighted by Gasteiger charge is 2.11. The molecule has 0 bridgehead atoms. The summed E-state index contributed by atoms with van der Waals surface area (Å²) in [6.45, 7) is 0. The van der Waals surface area contributed by atoms with Crippen molar-refractivity contribution in [3.63, 3.8) is 0 Å². The number of amides is 1. The number of hydrogen-bond acceptors (Lipinski definition) is 3. The van der Waals surface area contributed by atoms with Crippen molar-refractivity contribution in [1.82, 2.24) is 4.57 Å². The maximum atomic E-state index is 12.3. The maximum Gasteiger partial charge on any atom is 0.231 e. The highest BCUT2D eigenvalue weighted by Crippen LogP contribution is 2.17. The van der Waals surface area contributed by atoms with Crippen LogP contribution in [0.15, 0.2) is 60.8 Å². The van der Waals surface area contributed by atoms with Crippen molar-refractivity contribution >= 4 is 28.4 Å². The Labute approximate surface area is 139 Å². The molecule has 0 saturated heterocycles. The molecule has 2 aromatic carbocycles. The van der Waals surface area contributed by atoms with Crippen LogP contribution >= 0.6 is 0 Å². The first-order valence-corrected chi connectivity index (χ1v) is 7.70. The van der Waals surface area contributed by atoms with Crippen LogP contribution in [-0.2, 0) is 4.79 Å². The SMILES string of the molecule is COc1ccc(NC(=O)CCC(=O)n2ccc3ccccc32)cc1. The number of anilines is 1. The number of carbonyl (C=O) groups excluding carboxylic acids is 2. The summed E-state index contributed by atoms with van der Waals surface area (Å²) in [5.41, 5.74) is 1.54. The number of aromatic nitrogens is 1. The number of para-hydroxylation sites is 1.